The Morgan fingerprint density at radius 3 is 2.44 bits per heavy atom. The van der Waals surface area contributed by atoms with Gasteiger partial charge < -0.3 is 4.90 Å². The summed E-state index contributed by atoms with van der Waals surface area (Å²) in [7, 11) is 0. The van der Waals surface area contributed by atoms with Gasteiger partial charge in [0.2, 0.25) is 0 Å². The summed E-state index contributed by atoms with van der Waals surface area (Å²) in [4.78, 5) is 17.4. The average Bonchev–Trinajstić information content (AvgIpc) is 3.23. The van der Waals surface area contributed by atoms with Crippen molar-refractivity contribution < 1.29 is 13.6 Å². The first-order valence-corrected chi connectivity index (χ1v) is 11.2. The Morgan fingerprint density at radius 1 is 0.875 bits per heavy atom. The van der Waals surface area contributed by atoms with Crippen LogP contribution in [0.15, 0.2) is 72.8 Å². The number of benzene rings is 3. The lowest BCUT2D eigenvalue weighted by atomic mass is 9.88. The van der Waals surface area contributed by atoms with Gasteiger partial charge in [0, 0.05) is 44.2 Å². The maximum atomic E-state index is 14.0. The van der Waals surface area contributed by atoms with Gasteiger partial charge in [-0.15, -0.1) is 0 Å². The van der Waals surface area contributed by atoms with Crippen LogP contribution in [0.25, 0.3) is 0 Å². The van der Waals surface area contributed by atoms with Crippen molar-refractivity contribution in [2.24, 2.45) is 5.92 Å². The van der Waals surface area contributed by atoms with Gasteiger partial charge in [0.25, 0.3) is 5.91 Å². The molecule has 0 unspecified atom stereocenters. The molecule has 0 spiro atoms. The number of carbonyl (C=O) groups is 1. The van der Waals surface area contributed by atoms with Gasteiger partial charge in [-0.2, -0.15) is 0 Å². The molecule has 1 fully saturated rings. The summed E-state index contributed by atoms with van der Waals surface area (Å²) in [6, 6.07) is 21.0. The maximum absolute atomic E-state index is 14.0. The zero-order chi connectivity index (χ0) is 22.1. The summed E-state index contributed by atoms with van der Waals surface area (Å²) < 4.78 is 27.3. The SMILES string of the molecule is O=C(c1ccc(F)cc1)N1C[C@H](CN2CCc3ccccc3C2)[C@@H](c2cccc(F)c2)C1. The second-order valence-corrected chi connectivity index (χ2v) is 8.89. The van der Waals surface area contributed by atoms with E-state index >= 15 is 0 Å². The lowest BCUT2D eigenvalue weighted by molar-refractivity contribution is 0.0782. The molecule has 164 valence electrons. The molecule has 32 heavy (non-hydrogen) atoms. The molecule has 2 heterocycles. The van der Waals surface area contributed by atoms with Crippen LogP contribution in [0.5, 0.6) is 0 Å². The third kappa shape index (κ3) is 4.30. The number of carbonyl (C=O) groups excluding carboxylic acids is 1. The van der Waals surface area contributed by atoms with Crippen molar-refractivity contribution in [1.82, 2.24) is 9.80 Å². The van der Waals surface area contributed by atoms with E-state index in [1.54, 1.807) is 12.1 Å². The molecule has 2 atom stereocenters. The first-order chi connectivity index (χ1) is 15.6. The van der Waals surface area contributed by atoms with Gasteiger partial charge >= 0.3 is 0 Å². The number of amides is 1. The smallest absolute Gasteiger partial charge is 0.253 e. The Balaban J connectivity index is 1.37. The summed E-state index contributed by atoms with van der Waals surface area (Å²) in [6.45, 7) is 3.87. The predicted octanol–water partition coefficient (Wildman–Crippen LogP) is 4.88. The van der Waals surface area contributed by atoms with Gasteiger partial charge in [-0.1, -0.05) is 36.4 Å². The first-order valence-electron chi connectivity index (χ1n) is 11.2. The predicted molar refractivity (Wildman–Crippen MR) is 120 cm³/mol. The molecule has 3 aromatic carbocycles. The minimum absolute atomic E-state index is 0.0623. The maximum Gasteiger partial charge on any atom is 0.253 e. The third-order valence-corrected chi connectivity index (χ3v) is 6.80. The van der Waals surface area contributed by atoms with Gasteiger partial charge in [0.05, 0.1) is 0 Å². The molecule has 1 saturated heterocycles. The molecular formula is C27H26F2N2O. The highest BCUT2D eigenvalue weighted by Gasteiger charge is 2.37. The van der Waals surface area contributed by atoms with Crippen molar-refractivity contribution in [2.45, 2.75) is 18.9 Å². The molecule has 1 amide bonds. The molecule has 5 rings (SSSR count). The molecule has 5 heteroatoms. The van der Waals surface area contributed by atoms with Gasteiger partial charge in [0.1, 0.15) is 11.6 Å². The Kier molecular flexibility index (Phi) is 5.75. The average molecular weight is 433 g/mol. The molecule has 3 aromatic rings. The molecule has 0 bridgehead atoms. The monoisotopic (exact) mass is 432 g/mol. The number of hydrogen-bond acceptors (Lipinski definition) is 2. The summed E-state index contributed by atoms with van der Waals surface area (Å²) in [5, 5.41) is 0. The van der Waals surface area contributed by atoms with Crippen LogP contribution < -0.4 is 0 Å². The Bertz CT molecular complexity index is 1110. The third-order valence-electron chi connectivity index (χ3n) is 6.80. The van der Waals surface area contributed by atoms with E-state index < -0.39 is 0 Å². The molecule has 2 aliphatic rings. The summed E-state index contributed by atoms with van der Waals surface area (Å²) >= 11 is 0. The molecule has 0 radical (unpaired) electrons. The van der Waals surface area contributed by atoms with E-state index in [9.17, 15) is 13.6 Å². The Labute approximate surface area is 187 Å². The minimum atomic E-state index is -0.358. The van der Waals surface area contributed by atoms with Gasteiger partial charge in [-0.3, -0.25) is 9.69 Å². The van der Waals surface area contributed by atoms with Crippen molar-refractivity contribution in [3.05, 3.63) is 107 Å². The fourth-order valence-electron chi connectivity index (χ4n) is 5.15. The highest BCUT2D eigenvalue weighted by atomic mass is 19.1. The molecule has 2 aliphatic heterocycles. The number of halogens is 2. The fraction of sp³-hybridized carbons (Fsp3) is 0.296. The van der Waals surface area contributed by atoms with Crippen molar-refractivity contribution in [2.75, 3.05) is 26.2 Å². The van der Waals surface area contributed by atoms with E-state index in [1.807, 2.05) is 11.0 Å². The summed E-state index contributed by atoms with van der Waals surface area (Å²) in [5.41, 5.74) is 4.18. The van der Waals surface area contributed by atoms with Crippen LogP contribution in [0.2, 0.25) is 0 Å². The highest BCUT2D eigenvalue weighted by Crippen LogP contribution is 2.35. The van der Waals surface area contributed by atoms with Crippen molar-refractivity contribution in [3.63, 3.8) is 0 Å². The van der Waals surface area contributed by atoms with Gasteiger partial charge in [0.15, 0.2) is 0 Å². The van der Waals surface area contributed by atoms with E-state index in [0.717, 1.165) is 31.6 Å². The van der Waals surface area contributed by atoms with Crippen LogP contribution in [-0.2, 0) is 13.0 Å². The molecule has 0 aromatic heterocycles. The zero-order valence-corrected chi connectivity index (χ0v) is 17.9. The molecule has 0 aliphatic carbocycles. The largest absolute Gasteiger partial charge is 0.338 e. The Morgan fingerprint density at radius 2 is 1.66 bits per heavy atom. The van der Waals surface area contributed by atoms with Crippen molar-refractivity contribution >= 4 is 5.91 Å². The van der Waals surface area contributed by atoms with Gasteiger partial charge in [-0.05, 0) is 65.4 Å². The number of rotatable bonds is 4. The number of hydrogen-bond donors (Lipinski definition) is 0. The zero-order valence-electron chi connectivity index (χ0n) is 17.9. The lowest BCUT2D eigenvalue weighted by Crippen LogP contribution is -2.37. The normalized spacial score (nSPS) is 20.9. The summed E-state index contributed by atoms with van der Waals surface area (Å²) in [6.07, 6.45) is 1.02. The number of nitrogens with zero attached hydrogens (tertiary/aromatic N) is 2. The van der Waals surface area contributed by atoms with E-state index in [0.29, 0.717) is 18.7 Å². The second-order valence-electron chi connectivity index (χ2n) is 8.89. The van der Waals surface area contributed by atoms with Crippen LogP contribution in [0, 0.1) is 17.6 Å². The quantitative estimate of drug-likeness (QED) is 0.587. The van der Waals surface area contributed by atoms with Crippen LogP contribution in [0.1, 0.15) is 33.0 Å². The van der Waals surface area contributed by atoms with E-state index in [2.05, 4.69) is 29.2 Å². The van der Waals surface area contributed by atoms with Crippen LogP contribution in [-0.4, -0.2) is 41.9 Å². The number of fused-ring (bicyclic) bond motifs is 1. The van der Waals surface area contributed by atoms with Crippen LogP contribution in [0.3, 0.4) is 0 Å². The molecule has 0 saturated carbocycles. The van der Waals surface area contributed by atoms with E-state index in [-0.39, 0.29) is 29.4 Å². The van der Waals surface area contributed by atoms with Crippen LogP contribution >= 0.6 is 0 Å². The fourth-order valence-corrected chi connectivity index (χ4v) is 5.15. The highest BCUT2D eigenvalue weighted by molar-refractivity contribution is 5.94. The minimum Gasteiger partial charge on any atom is -0.338 e. The van der Waals surface area contributed by atoms with E-state index in [1.165, 1.54) is 41.5 Å². The molecular weight excluding hydrogens is 406 g/mol. The Hall–Kier alpha value is -3.05. The lowest BCUT2D eigenvalue weighted by Gasteiger charge is -2.32. The van der Waals surface area contributed by atoms with Crippen molar-refractivity contribution in [1.29, 1.82) is 0 Å². The second kappa shape index (κ2) is 8.83. The molecule has 0 N–H and O–H groups in total. The molecule has 3 nitrogen and oxygen atoms in total. The summed E-state index contributed by atoms with van der Waals surface area (Å²) in [5.74, 6) is -0.447. The number of likely N-dealkylation sites (tertiary alicyclic amines) is 1. The van der Waals surface area contributed by atoms with E-state index in [4.69, 9.17) is 0 Å². The standard InChI is InChI=1S/C27H26F2N2O/c28-24-10-8-20(9-11-24)27(32)31-17-23(26(18-31)21-6-3-7-25(29)14-21)16-30-13-12-19-4-1-2-5-22(19)15-30/h1-11,14,23,26H,12-13,15-18H2/t23-,26+/m0/s1. The first kappa shape index (κ1) is 20.8. The van der Waals surface area contributed by atoms with Crippen molar-refractivity contribution in [3.8, 4) is 0 Å². The van der Waals surface area contributed by atoms with Crippen LogP contribution in [0.4, 0.5) is 8.78 Å². The van der Waals surface area contributed by atoms with Gasteiger partial charge in [-0.25, -0.2) is 8.78 Å². The topological polar surface area (TPSA) is 23.6 Å².